The summed E-state index contributed by atoms with van der Waals surface area (Å²) >= 11 is 0. The molecule has 0 spiro atoms. The first-order valence-electron chi connectivity index (χ1n) is 9.60. The van der Waals surface area contributed by atoms with Gasteiger partial charge in [0.1, 0.15) is 0 Å². The molecule has 2 N–H and O–H groups in total. The molecule has 2 fully saturated rings. The van der Waals surface area contributed by atoms with Gasteiger partial charge in [-0.3, -0.25) is 14.8 Å². The molecule has 0 aliphatic carbocycles. The molecule has 0 saturated carbocycles. The van der Waals surface area contributed by atoms with Gasteiger partial charge in [0.05, 0.1) is 6.54 Å². The normalized spacial score (nSPS) is 26.0. The van der Waals surface area contributed by atoms with Crippen LogP contribution < -0.4 is 10.6 Å². The minimum absolute atomic E-state index is 0. The van der Waals surface area contributed by atoms with Crippen LogP contribution in [0.4, 0.5) is 13.2 Å². The Morgan fingerprint density at radius 3 is 2.44 bits per heavy atom. The Bertz CT molecular complexity index is 484. The molecule has 27 heavy (non-hydrogen) atoms. The minimum Gasteiger partial charge on any atom is -0.355 e. The van der Waals surface area contributed by atoms with E-state index in [2.05, 4.69) is 41.3 Å². The summed E-state index contributed by atoms with van der Waals surface area (Å²) in [5.41, 5.74) is 0.00426. The molecule has 0 radical (unpaired) electrons. The predicted molar refractivity (Wildman–Crippen MR) is 115 cm³/mol. The maximum Gasteiger partial charge on any atom is 0.401 e. The zero-order chi connectivity index (χ0) is 19.4. The summed E-state index contributed by atoms with van der Waals surface area (Å²) in [7, 11) is 1.70. The first-order chi connectivity index (χ1) is 12.1. The van der Waals surface area contributed by atoms with Crippen molar-refractivity contribution in [3.8, 4) is 0 Å². The monoisotopic (exact) mass is 505 g/mol. The highest BCUT2D eigenvalue weighted by molar-refractivity contribution is 14.0. The Hall–Kier alpha value is -0.290. The van der Waals surface area contributed by atoms with Gasteiger partial charge in [-0.05, 0) is 45.6 Å². The highest BCUT2D eigenvalue weighted by Crippen LogP contribution is 2.23. The van der Waals surface area contributed by atoms with Crippen molar-refractivity contribution < 1.29 is 13.2 Å². The van der Waals surface area contributed by atoms with Gasteiger partial charge in [-0.25, -0.2) is 0 Å². The first-order valence-corrected chi connectivity index (χ1v) is 9.60. The van der Waals surface area contributed by atoms with E-state index in [-0.39, 0.29) is 35.6 Å². The lowest BCUT2D eigenvalue weighted by molar-refractivity contribution is -0.143. The van der Waals surface area contributed by atoms with Gasteiger partial charge in [0.25, 0.3) is 0 Å². The smallest absolute Gasteiger partial charge is 0.355 e. The number of likely N-dealkylation sites (tertiary alicyclic amines) is 2. The van der Waals surface area contributed by atoms with Crippen molar-refractivity contribution in [2.24, 2.45) is 10.9 Å². The van der Waals surface area contributed by atoms with Crippen molar-refractivity contribution in [1.29, 1.82) is 0 Å². The van der Waals surface area contributed by atoms with E-state index >= 15 is 0 Å². The molecule has 0 aromatic carbocycles. The van der Waals surface area contributed by atoms with Crippen LogP contribution in [0.1, 0.15) is 40.0 Å². The van der Waals surface area contributed by atoms with E-state index in [9.17, 15) is 13.2 Å². The topological polar surface area (TPSA) is 42.9 Å². The summed E-state index contributed by atoms with van der Waals surface area (Å²) in [6, 6.07) is 0.00155. The van der Waals surface area contributed by atoms with Gasteiger partial charge in [0.15, 0.2) is 5.96 Å². The molecule has 0 aromatic heterocycles. The number of piperidine rings is 1. The Kier molecular flexibility index (Phi) is 9.60. The van der Waals surface area contributed by atoms with Gasteiger partial charge in [0.2, 0.25) is 0 Å². The number of guanidine groups is 1. The fourth-order valence-electron chi connectivity index (χ4n) is 3.89. The van der Waals surface area contributed by atoms with Crippen LogP contribution in [0.15, 0.2) is 4.99 Å². The lowest BCUT2D eigenvalue weighted by Crippen LogP contribution is -2.56. The number of aliphatic imine (C=N–C) groups is 1. The molecule has 2 aliphatic rings. The van der Waals surface area contributed by atoms with Crippen molar-refractivity contribution in [3.63, 3.8) is 0 Å². The third-order valence-corrected chi connectivity index (χ3v) is 5.44. The quantitative estimate of drug-likeness (QED) is 0.343. The minimum atomic E-state index is -4.13. The third kappa shape index (κ3) is 8.31. The van der Waals surface area contributed by atoms with Gasteiger partial charge >= 0.3 is 6.18 Å². The molecule has 2 heterocycles. The molecule has 9 heteroatoms. The lowest BCUT2D eigenvalue weighted by Gasteiger charge is -2.43. The second-order valence-electron chi connectivity index (χ2n) is 8.41. The van der Waals surface area contributed by atoms with E-state index in [1.165, 1.54) is 17.7 Å². The molecule has 5 nitrogen and oxygen atoms in total. The highest BCUT2D eigenvalue weighted by Gasteiger charge is 2.35. The number of hydrogen-bond donors (Lipinski definition) is 2. The average molecular weight is 505 g/mol. The van der Waals surface area contributed by atoms with E-state index in [1.54, 1.807) is 7.05 Å². The molecule has 0 amide bonds. The Balaban J connectivity index is 0.00000364. The predicted octanol–water partition coefficient (Wildman–Crippen LogP) is 2.92. The number of nitrogens with zero attached hydrogens (tertiary/aromatic N) is 3. The van der Waals surface area contributed by atoms with E-state index < -0.39 is 12.7 Å². The maximum atomic E-state index is 12.5. The average Bonchev–Trinajstić information content (AvgIpc) is 2.96. The van der Waals surface area contributed by atoms with Crippen LogP contribution in [0.5, 0.6) is 0 Å². The van der Waals surface area contributed by atoms with Gasteiger partial charge in [-0.1, -0.05) is 6.92 Å². The Morgan fingerprint density at radius 1 is 1.15 bits per heavy atom. The fraction of sp³-hybridized carbons (Fsp3) is 0.944. The number of rotatable bonds is 5. The molecule has 0 bridgehead atoms. The van der Waals surface area contributed by atoms with Crippen molar-refractivity contribution in [2.45, 2.75) is 57.8 Å². The van der Waals surface area contributed by atoms with E-state index in [4.69, 9.17) is 0 Å². The fourth-order valence-corrected chi connectivity index (χ4v) is 3.89. The maximum absolute atomic E-state index is 12.5. The van der Waals surface area contributed by atoms with Crippen molar-refractivity contribution in [3.05, 3.63) is 0 Å². The SMILES string of the molecule is CN=C(NCC(C)(C)N1CCCC(C)C1)NC1CCN(CC(F)(F)F)C1.I. The van der Waals surface area contributed by atoms with E-state index in [1.807, 2.05) is 0 Å². The van der Waals surface area contributed by atoms with Crippen LogP contribution in [0, 0.1) is 5.92 Å². The van der Waals surface area contributed by atoms with Crippen LogP contribution in [-0.4, -0.2) is 79.8 Å². The Labute approximate surface area is 178 Å². The van der Waals surface area contributed by atoms with E-state index in [0.717, 1.165) is 25.6 Å². The third-order valence-electron chi connectivity index (χ3n) is 5.44. The van der Waals surface area contributed by atoms with Crippen molar-refractivity contribution in [2.75, 3.05) is 46.3 Å². The van der Waals surface area contributed by atoms with E-state index in [0.29, 0.717) is 25.5 Å². The molecule has 2 unspecified atom stereocenters. The zero-order valence-electron chi connectivity index (χ0n) is 16.9. The highest BCUT2D eigenvalue weighted by atomic mass is 127. The van der Waals surface area contributed by atoms with Crippen LogP contribution >= 0.6 is 24.0 Å². The van der Waals surface area contributed by atoms with Gasteiger partial charge in [0, 0.05) is 44.8 Å². The second-order valence-corrected chi connectivity index (χ2v) is 8.41. The molecule has 2 rings (SSSR count). The van der Waals surface area contributed by atoms with Gasteiger partial charge in [-0.2, -0.15) is 13.2 Å². The molecular formula is C18H35F3IN5. The number of halogens is 4. The van der Waals surface area contributed by atoms with Crippen LogP contribution in [0.25, 0.3) is 0 Å². The molecule has 160 valence electrons. The standard InChI is InChI=1S/C18H34F3N5.HI/c1-14-6-5-8-26(10-14)17(2,3)12-23-16(22-4)24-15-7-9-25(11-15)13-18(19,20)21;/h14-15H,5-13H2,1-4H3,(H2,22,23,24);1H. The lowest BCUT2D eigenvalue weighted by atomic mass is 9.93. The van der Waals surface area contributed by atoms with Crippen molar-refractivity contribution >= 4 is 29.9 Å². The molecule has 2 aliphatic heterocycles. The molecular weight excluding hydrogens is 470 g/mol. The summed E-state index contributed by atoms with van der Waals surface area (Å²) in [4.78, 5) is 8.21. The number of nitrogens with one attached hydrogen (secondary N) is 2. The summed E-state index contributed by atoms with van der Waals surface area (Å²) in [6.45, 7) is 9.74. The van der Waals surface area contributed by atoms with Crippen LogP contribution in [0.2, 0.25) is 0 Å². The summed E-state index contributed by atoms with van der Waals surface area (Å²) in [5, 5.41) is 6.65. The van der Waals surface area contributed by atoms with Gasteiger partial charge in [-0.15, -0.1) is 24.0 Å². The molecule has 2 saturated heterocycles. The summed E-state index contributed by atoms with van der Waals surface area (Å²) in [5.74, 6) is 1.39. The second kappa shape index (κ2) is 10.5. The van der Waals surface area contributed by atoms with Crippen molar-refractivity contribution in [1.82, 2.24) is 20.4 Å². The molecule has 0 aromatic rings. The number of alkyl halides is 3. The van der Waals surface area contributed by atoms with Crippen LogP contribution in [-0.2, 0) is 0 Å². The first kappa shape index (κ1) is 24.7. The molecule has 2 atom stereocenters. The summed E-state index contributed by atoms with van der Waals surface area (Å²) in [6.07, 6.45) is -0.914. The zero-order valence-corrected chi connectivity index (χ0v) is 19.2. The Morgan fingerprint density at radius 2 is 1.85 bits per heavy atom. The number of hydrogen-bond acceptors (Lipinski definition) is 3. The summed E-state index contributed by atoms with van der Waals surface area (Å²) < 4.78 is 37.6. The largest absolute Gasteiger partial charge is 0.401 e. The van der Waals surface area contributed by atoms with Crippen LogP contribution in [0.3, 0.4) is 0 Å². The van der Waals surface area contributed by atoms with Gasteiger partial charge < -0.3 is 10.6 Å².